The first kappa shape index (κ1) is 18.6. The summed E-state index contributed by atoms with van der Waals surface area (Å²) in [7, 11) is -1.97. The van der Waals surface area contributed by atoms with E-state index in [0.717, 1.165) is 11.3 Å². The molecule has 28 heavy (non-hydrogen) atoms. The Balaban J connectivity index is 1.44. The third-order valence-electron chi connectivity index (χ3n) is 5.38. The standard InChI is InChI=1S/C21H23N3O3S/c1-22-19-9-5-6-10-20(19)24(28(22,26)27)18-13-15-23(16-14-18)21(25)12-11-17-7-3-2-4-8-17/h2-12,18H,13-16H2,1H3. The van der Waals surface area contributed by atoms with E-state index in [-0.39, 0.29) is 11.9 Å². The number of anilines is 2. The Morgan fingerprint density at radius 3 is 2.25 bits per heavy atom. The van der Waals surface area contributed by atoms with Crippen LogP contribution in [-0.4, -0.2) is 45.4 Å². The zero-order valence-electron chi connectivity index (χ0n) is 15.7. The number of rotatable bonds is 3. The van der Waals surface area contributed by atoms with Gasteiger partial charge in [-0.2, -0.15) is 8.42 Å². The molecule has 6 nitrogen and oxygen atoms in total. The second-order valence-corrected chi connectivity index (χ2v) is 8.90. The first-order chi connectivity index (χ1) is 13.5. The number of nitrogens with zero attached hydrogens (tertiary/aromatic N) is 3. The zero-order chi connectivity index (χ0) is 19.7. The number of para-hydroxylation sites is 2. The molecule has 0 bridgehead atoms. The van der Waals surface area contributed by atoms with Crippen molar-refractivity contribution in [2.75, 3.05) is 28.7 Å². The molecule has 0 radical (unpaired) electrons. The Morgan fingerprint density at radius 1 is 0.964 bits per heavy atom. The van der Waals surface area contributed by atoms with E-state index < -0.39 is 10.2 Å². The molecule has 1 saturated heterocycles. The van der Waals surface area contributed by atoms with Crippen LogP contribution >= 0.6 is 0 Å². The van der Waals surface area contributed by atoms with Crippen LogP contribution in [0.5, 0.6) is 0 Å². The summed E-state index contributed by atoms with van der Waals surface area (Å²) < 4.78 is 28.6. The number of amides is 1. The van der Waals surface area contributed by atoms with Gasteiger partial charge >= 0.3 is 10.2 Å². The minimum atomic E-state index is -3.56. The van der Waals surface area contributed by atoms with E-state index in [9.17, 15) is 13.2 Å². The number of carbonyl (C=O) groups is 1. The fourth-order valence-electron chi connectivity index (χ4n) is 3.84. The van der Waals surface area contributed by atoms with Crippen LogP contribution < -0.4 is 8.61 Å². The molecule has 2 aromatic carbocycles. The molecule has 0 unspecified atom stereocenters. The maximum absolute atomic E-state index is 12.9. The smallest absolute Gasteiger partial charge is 0.326 e. The van der Waals surface area contributed by atoms with E-state index >= 15 is 0 Å². The fraction of sp³-hybridized carbons (Fsp3) is 0.286. The first-order valence-corrected chi connectivity index (χ1v) is 10.8. The van der Waals surface area contributed by atoms with Crippen molar-refractivity contribution in [2.24, 2.45) is 0 Å². The van der Waals surface area contributed by atoms with Crippen LogP contribution in [0.25, 0.3) is 6.08 Å². The molecule has 2 aliphatic heterocycles. The Morgan fingerprint density at radius 2 is 1.57 bits per heavy atom. The lowest BCUT2D eigenvalue weighted by Crippen LogP contribution is -2.49. The Bertz CT molecular complexity index is 997. The quantitative estimate of drug-likeness (QED) is 0.749. The van der Waals surface area contributed by atoms with Gasteiger partial charge in [-0.3, -0.25) is 9.10 Å². The molecule has 146 valence electrons. The summed E-state index contributed by atoms with van der Waals surface area (Å²) in [6.45, 7) is 1.08. The van der Waals surface area contributed by atoms with Crippen molar-refractivity contribution in [1.29, 1.82) is 0 Å². The summed E-state index contributed by atoms with van der Waals surface area (Å²) in [4.78, 5) is 14.3. The van der Waals surface area contributed by atoms with Crippen LogP contribution in [0.2, 0.25) is 0 Å². The molecule has 2 heterocycles. The molecule has 7 heteroatoms. The molecule has 2 aliphatic rings. The number of carbonyl (C=O) groups excluding carboxylic acids is 1. The lowest BCUT2D eigenvalue weighted by atomic mass is 10.0. The topological polar surface area (TPSA) is 60.9 Å². The summed E-state index contributed by atoms with van der Waals surface area (Å²) in [5.41, 5.74) is 2.40. The van der Waals surface area contributed by atoms with E-state index in [1.165, 1.54) is 8.61 Å². The number of likely N-dealkylation sites (tertiary alicyclic amines) is 1. The summed E-state index contributed by atoms with van der Waals surface area (Å²) >= 11 is 0. The minimum absolute atomic E-state index is 0.0379. The molecule has 0 spiro atoms. The summed E-state index contributed by atoms with van der Waals surface area (Å²) in [5, 5.41) is 0. The lowest BCUT2D eigenvalue weighted by Gasteiger charge is -2.36. The molecule has 0 N–H and O–H groups in total. The van der Waals surface area contributed by atoms with Gasteiger partial charge in [-0.15, -0.1) is 0 Å². The Hall–Kier alpha value is -2.80. The molecule has 4 rings (SSSR count). The van der Waals surface area contributed by atoms with Crippen molar-refractivity contribution in [2.45, 2.75) is 18.9 Å². The Kier molecular flexibility index (Phi) is 4.85. The number of hydrogen-bond acceptors (Lipinski definition) is 3. The van der Waals surface area contributed by atoms with Crippen LogP contribution in [0.15, 0.2) is 60.7 Å². The average Bonchev–Trinajstić information content (AvgIpc) is 2.93. The summed E-state index contributed by atoms with van der Waals surface area (Å²) in [6, 6.07) is 16.9. The van der Waals surface area contributed by atoms with Gasteiger partial charge in [0.25, 0.3) is 0 Å². The highest BCUT2D eigenvalue weighted by Gasteiger charge is 2.42. The van der Waals surface area contributed by atoms with Gasteiger partial charge in [0.05, 0.1) is 17.4 Å². The van der Waals surface area contributed by atoms with Gasteiger partial charge in [-0.05, 0) is 36.6 Å². The van der Waals surface area contributed by atoms with Crippen molar-refractivity contribution < 1.29 is 13.2 Å². The maximum atomic E-state index is 12.9. The normalized spacial score (nSPS) is 19.2. The Labute approximate surface area is 165 Å². The van der Waals surface area contributed by atoms with E-state index in [1.807, 2.05) is 60.7 Å². The lowest BCUT2D eigenvalue weighted by molar-refractivity contribution is -0.126. The molecule has 0 aromatic heterocycles. The van der Waals surface area contributed by atoms with E-state index in [1.54, 1.807) is 18.0 Å². The molecule has 1 amide bonds. The maximum Gasteiger partial charge on any atom is 0.326 e. The number of hydrogen-bond donors (Lipinski definition) is 0. The van der Waals surface area contributed by atoms with Gasteiger partial charge in [-0.25, -0.2) is 4.31 Å². The van der Waals surface area contributed by atoms with Crippen LogP contribution in [0, 0.1) is 0 Å². The number of piperidine rings is 1. The molecular weight excluding hydrogens is 374 g/mol. The third kappa shape index (κ3) is 3.26. The van der Waals surface area contributed by atoms with Crippen molar-refractivity contribution in [3.05, 3.63) is 66.2 Å². The predicted molar refractivity (Wildman–Crippen MR) is 111 cm³/mol. The van der Waals surface area contributed by atoms with Gasteiger partial charge < -0.3 is 4.90 Å². The fourth-order valence-corrected chi connectivity index (χ4v) is 5.50. The van der Waals surface area contributed by atoms with Gasteiger partial charge in [0.15, 0.2) is 0 Å². The van der Waals surface area contributed by atoms with E-state index in [4.69, 9.17) is 0 Å². The molecule has 0 aliphatic carbocycles. The van der Waals surface area contributed by atoms with Crippen molar-refractivity contribution in [3.63, 3.8) is 0 Å². The van der Waals surface area contributed by atoms with Crippen LogP contribution in [0.1, 0.15) is 18.4 Å². The zero-order valence-corrected chi connectivity index (χ0v) is 16.5. The highest BCUT2D eigenvalue weighted by Crippen LogP contribution is 2.42. The predicted octanol–water partition coefficient (Wildman–Crippen LogP) is 2.89. The molecular formula is C21H23N3O3S. The first-order valence-electron chi connectivity index (χ1n) is 9.38. The van der Waals surface area contributed by atoms with Gasteiger partial charge in [0.1, 0.15) is 0 Å². The van der Waals surface area contributed by atoms with Crippen molar-refractivity contribution >= 4 is 33.6 Å². The summed E-state index contributed by atoms with van der Waals surface area (Å²) in [6.07, 6.45) is 4.63. The number of fused-ring (bicyclic) bond motifs is 1. The van der Waals surface area contributed by atoms with Crippen molar-refractivity contribution in [1.82, 2.24) is 4.90 Å². The highest BCUT2D eigenvalue weighted by atomic mass is 32.2. The van der Waals surface area contributed by atoms with Crippen LogP contribution in [0.4, 0.5) is 11.4 Å². The molecule has 0 saturated carbocycles. The molecule has 0 atom stereocenters. The minimum Gasteiger partial charge on any atom is -0.339 e. The third-order valence-corrected chi connectivity index (χ3v) is 7.26. The van der Waals surface area contributed by atoms with Gasteiger partial charge in [0.2, 0.25) is 5.91 Å². The molecule has 2 aromatic rings. The van der Waals surface area contributed by atoms with E-state index in [0.29, 0.717) is 31.6 Å². The molecule has 1 fully saturated rings. The van der Waals surface area contributed by atoms with Crippen LogP contribution in [0.3, 0.4) is 0 Å². The van der Waals surface area contributed by atoms with Crippen LogP contribution in [-0.2, 0) is 15.0 Å². The van der Waals surface area contributed by atoms with Gasteiger partial charge in [0, 0.05) is 26.2 Å². The SMILES string of the molecule is CN1c2ccccc2N(C2CCN(C(=O)C=Cc3ccccc3)CC2)S1(=O)=O. The largest absolute Gasteiger partial charge is 0.339 e. The highest BCUT2D eigenvalue weighted by molar-refractivity contribution is 7.94. The monoisotopic (exact) mass is 397 g/mol. The van der Waals surface area contributed by atoms with Gasteiger partial charge in [-0.1, -0.05) is 42.5 Å². The number of benzene rings is 2. The second kappa shape index (κ2) is 7.31. The van der Waals surface area contributed by atoms with E-state index in [2.05, 4.69) is 0 Å². The van der Waals surface area contributed by atoms with Crippen molar-refractivity contribution in [3.8, 4) is 0 Å². The second-order valence-electron chi connectivity index (χ2n) is 7.06. The summed E-state index contributed by atoms with van der Waals surface area (Å²) in [5.74, 6) is -0.0379. The average molecular weight is 398 g/mol.